The summed E-state index contributed by atoms with van der Waals surface area (Å²) in [4.78, 5) is 23.3. The predicted octanol–water partition coefficient (Wildman–Crippen LogP) is 5.01. The van der Waals surface area contributed by atoms with E-state index in [-0.39, 0.29) is 27.0 Å². The number of nitro benzene ring substituents is 1. The summed E-state index contributed by atoms with van der Waals surface area (Å²) < 4.78 is 29.6. The molecule has 0 spiro atoms. The number of carbonyl (C=O) groups is 1. The van der Waals surface area contributed by atoms with E-state index >= 15 is 0 Å². The molecule has 11 nitrogen and oxygen atoms in total. The maximum atomic E-state index is 13.2. The van der Waals surface area contributed by atoms with Crippen LogP contribution in [0.2, 0.25) is 5.02 Å². The first-order valence-corrected chi connectivity index (χ1v) is 15.0. The molecule has 40 heavy (non-hydrogen) atoms. The molecule has 0 radical (unpaired) electrons. The average Bonchev–Trinajstić information content (AvgIpc) is 3.65. The molecule has 0 atom stereocenters. The van der Waals surface area contributed by atoms with E-state index in [1.165, 1.54) is 22.5 Å². The van der Waals surface area contributed by atoms with Crippen LogP contribution in [-0.2, 0) is 14.8 Å². The number of para-hydroxylation sites is 1. The van der Waals surface area contributed by atoms with Crippen LogP contribution in [0.5, 0.6) is 0 Å². The Morgan fingerprint density at radius 2 is 1.77 bits per heavy atom. The van der Waals surface area contributed by atoms with Crippen molar-refractivity contribution in [2.24, 2.45) is 0 Å². The summed E-state index contributed by atoms with van der Waals surface area (Å²) in [6.45, 7) is 1.00. The van der Waals surface area contributed by atoms with Crippen molar-refractivity contribution in [2.45, 2.75) is 22.9 Å². The number of nitro groups is 1. The fourth-order valence-corrected chi connectivity index (χ4v) is 6.81. The number of nitrogens with one attached hydrogen (secondary N) is 1. The Labute approximate surface area is 239 Å². The molecular weight excluding hydrogens is 576 g/mol. The van der Waals surface area contributed by atoms with Gasteiger partial charge in [0.2, 0.25) is 15.9 Å². The van der Waals surface area contributed by atoms with Gasteiger partial charge in [-0.25, -0.2) is 8.42 Å². The zero-order valence-corrected chi connectivity index (χ0v) is 23.3. The van der Waals surface area contributed by atoms with Gasteiger partial charge in [0.15, 0.2) is 11.0 Å². The van der Waals surface area contributed by atoms with Gasteiger partial charge in [0, 0.05) is 36.5 Å². The second-order valence-corrected chi connectivity index (χ2v) is 12.2. The van der Waals surface area contributed by atoms with Gasteiger partial charge in [0.1, 0.15) is 0 Å². The fourth-order valence-electron chi connectivity index (χ4n) is 4.27. The molecule has 0 saturated carbocycles. The summed E-state index contributed by atoms with van der Waals surface area (Å²) in [5.74, 6) is -0.0311. The molecule has 2 heterocycles. The maximum absolute atomic E-state index is 13.2. The number of non-ortho nitro benzene ring substituents is 1. The molecule has 0 aliphatic carbocycles. The number of sulfonamides is 1. The number of benzene rings is 3. The largest absolute Gasteiger partial charge is 0.324 e. The van der Waals surface area contributed by atoms with Crippen molar-refractivity contribution in [3.63, 3.8) is 0 Å². The summed E-state index contributed by atoms with van der Waals surface area (Å²) in [6.07, 6.45) is 1.68. The number of amides is 1. The summed E-state index contributed by atoms with van der Waals surface area (Å²) in [5.41, 5.74) is 1.36. The number of halogens is 1. The molecule has 3 aromatic carbocycles. The lowest BCUT2D eigenvalue weighted by atomic mass is 10.2. The zero-order valence-electron chi connectivity index (χ0n) is 20.9. The van der Waals surface area contributed by atoms with Crippen molar-refractivity contribution >= 4 is 50.7 Å². The summed E-state index contributed by atoms with van der Waals surface area (Å²) >= 11 is 7.23. The normalized spacial score (nSPS) is 13.8. The molecule has 1 aliphatic heterocycles. The Morgan fingerprint density at radius 1 is 1.02 bits per heavy atom. The SMILES string of the molecule is O=C(CSc1nnc(-c2cccc(S(=O)(=O)N3CCCC3)c2)n1-c1ccccc1)Nc1ccc([N+](=O)[O-])cc1Cl. The minimum absolute atomic E-state index is 0.0473. The van der Waals surface area contributed by atoms with Crippen molar-refractivity contribution in [3.05, 3.63) is 87.9 Å². The van der Waals surface area contributed by atoms with Crippen molar-refractivity contribution in [3.8, 4) is 17.1 Å². The highest BCUT2D eigenvalue weighted by atomic mass is 35.5. The lowest BCUT2D eigenvalue weighted by molar-refractivity contribution is -0.384. The molecule has 206 valence electrons. The third-order valence-corrected chi connectivity index (χ3v) is 9.35. The maximum Gasteiger partial charge on any atom is 0.271 e. The number of hydrogen-bond donors (Lipinski definition) is 1. The predicted molar refractivity (Wildman–Crippen MR) is 152 cm³/mol. The van der Waals surface area contributed by atoms with E-state index in [2.05, 4.69) is 15.5 Å². The van der Waals surface area contributed by atoms with E-state index in [9.17, 15) is 23.3 Å². The number of aromatic nitrogens is 3. The molecular formula is C26H23ClN6O5S2. The molecule has 1 saturated heterocycles. The van der Waals surface area contributed by atoms with Gasteiger partial charge in [-0.1, -0.05) is 53.7 Å². The van der Waals surface area contributed by atoms with Gasteiger partial charge in [-0.05, 0) is 43.2 Å². The lowest BCUT2D eigenvalue weighted by Gasteiger charge is -2.16. The van der Waals surface area contributed by atoms with Crippen molar-refractivity contribution in [2.75, 3.05) is 24.2 Å². The smallest absolute Gasteiger partial charge is 0.271 e. The Morgan fingerprint density at radius 3 is 2.48 bits per heavy atom. The number of anilines is 1. The second kappa shape index (κ2) is 11.8. The van der Waals surface area contributed by atoms with E-state index in [0.717, 1.165) is 30.3 Å². The summed E-state index contributed by atoms with van der Waals surface area (Å²) in [5, 5.41) is 22.7. The van der Waals surface area contributed by atoms with Crippen LogP contribution in [0.1, 0.15) is 12.8 Å². The molecule has 14 heteroatoms. The number of hydrogen-bond acceptors (Lipinski definition) is 8. The van der Waals surface area contributed by atoms with E-state index < -0.39 is 20.9 Å². The number of thioether (sulfide) groups is 1. The first kappa shape index (κ1) is 27.8. The average molecular weight is 599 g/mol. The molecule has 0 bridgehead atoms. The molecule has 1 fully saturated rings. The van der Waals surface area contributed by atoms with Crippen LogP contribution in [0.15, 0.2) is 82.8 Å². The minimum atomic E-state index is -3.63. The summed E-state index contributed by atoms with van der Waals surface area (Å²) in [6, 6.07) is 19.7. The molecule has 5 rings (SSSR count). The third kappa shape index (κ3) is 5.87. The van der Waals surface area contributed by atoms with Gasteiger partial charge in [0.25, 0.3) is 5.69 Å². The molecule has 1 N–H and O–H groups in total. The molecule has 1 aliphatic rings. The van der Waals surface area contributed by atoms with Crippen molar-refractivity contribution in [1.29, 1.82) is 0 Å². The zero-order chi connectivity index (χ0) is 28.3. The van der Waals surface area contributed by atoms with Crippen LogP contribution < -0.4 is 5.32 Å². The second-order valence-electron chi connectivity index (χ2n) is 8.87. The lowest BCUT2D eigenvalue weighted by Crippen LogP contribution is -2.27. The van der Waals surface area contributed by atoms with Crippen LogP contribution in [0, 0.1) is 10.1 Å². The third-order valence-electron chi connectivity index (χ3n) is 6.21. The van der Waals surface area contributed by atoms with Gasteiger partial charge in [-0.15, -0.1) is 10.2 Å². The van der Waals surface area contributed by atoms with Gasteiger partial charge in [-0.2, -0.15) is 4.31 Å². The summed E-state index contributed by atoms with van der Waals surface area (Å²) in [7, 11) is -3.63. The van der Waals surface area contributed by atoms with E-state index in [1.807, 2.05) is 30.3 Å². The Kier molecular flexibility index (Phi) is 8.17. The Balaban J connectivity index is 1.41. The van der Waals surface area contributed by atoms with Crippen LogP contribution >= 0.6 is 23.4 Å². The quantitative estimate of drug-likeness (QED) is 0.161. The van der Waals surface area contributed by atoms with Crippen molar-refractivity contribution < 1.29 is 18.1 Å². The fraction of sp³-hybridized carbons (Fsp3) is 0.192. The van der Waals surface area contributed by atoms with E-state index in [4.69, 9.17) is 11.6 Å². The van der Waals surface area contributed by atoms with Crippen LogP contribution in [0.3, 0.4) is 0 Å². The number of carbonyl (C=O) groups excluding carboxylic acids is 1. The number of nitrogens with zero attached hydrogens (tertiary/aromatic N) is 5. The van der Waals surface area contributed by atoms with E-state index in [0.29, 0.717) is 29.6 Å². The molecule has 1 amide bonds. The molecule has 0 unspecified atom stereocenters. The highest BCUT2D eigenvalue weighted by Crippen LogP contribution is 2.31. The van der Waals surface area contributed by atoms with E-state index in [1.54, 1.807) is 28.8 Å². The standard InChI is InChI=1S/C26H23ClN6O5S2/c27-22-16-20(33(35)36)11-12-23(22)28-24(34)17-39-26-30-29-25(32(26)19-8-2-1-3-9-19)18-7-6-10-21(15-18)40(37,38)31-13-4-5-14-31/h1-3,6-12,15-16H,4-5,13-14,17H2,(H,28,34). The monoisotopic (exact) mass is 598 g/mol. The first-order valence-electron chi connectivity index (χ1n) is 12.2. The van der Waals surface area contributed by atoms with Gasteiger partial charge in [-0.3, -0.25) is 19.5 Å². The van der Waals surface area contributed by atoms with Crippen molar-refractivity contribution in [1.82, 2.24) is 19.1 Å². The number of rotatable bonds is 9. The topological polar surface area (TPSA) is 140 Å². The van der Waals surface area contributed by atoms with Crippen LogP contribution in [0.25, 0.3) is 17.1 Å². The van der Waals surface area contributed by atoms with Gasteiger partial charge < -0.3 is 5.32 Å². The highest BCUT2D eigenvalue weighted by molar-refractivity contribution is 7.99. The Hall–Kier alpha value is -3.78. The molecule has 1 aromatic heterocycles. The minimum Gasteiger partial charge on any atom is -0.324 e. The highest BCUT2D eigenvalue weighted by Gasteiger charge is 2.28. The van der Waals surface area contributed by atoms with Gasteiger partial charge >= 0.3 is 0 Å². The van der Waals surface area contributed by atoms with Crippen LogP contribution in [0.4, 0.5) is 11.4 Å². The first-order chi connectivity index (χ1) is 19.2. The van der Waals surface area contributed by atoms with Gasteiger partial charge in [0.05, 0.1) is 26.3 Å². The van der Waals surface area contributed by atoms with Crippen LogP contribution in [-0.4, -0.2) is 57.2 Å². The molecule has 4 aromatic rings. The Bertz CT molecular complexity index is 1670.